The van der Waals surface area contributed by atoms with Gasteiger partial charge in [0.2, 0.25) is 5.91 Å². The second-order valence-corrected chi connectivity index (χ2v) is 5.25. The summed E-state index contributed by atoms with van der Waals surface area (Å²) >= 11 is 0. The van der Waals surface area contributed by atoms with Crippen LogP contribution in [0.5, 0.6) is 0 Å². The van der Waals surface area contributed by atoms with E-state index in [0.29, 0.717) is 18.9 Å². The quantitative estimate of drug-likeness (QED) is 0.729. The van der Waals surface area contributed by atoms with E-state index in [0.717, 1.165) is 38.8 Å². The number of piperidine rings is 1. The van der Waals surface area contributed by atoms with Crippen molar-refractivity contribution in [3.63, 3.8) is 0 Å². The average molecular weight is 242 g/mol. The van der Waals surface area contributed by atoms with Crippen LogP contribution in [0.25, 0.3) is 0 Å². The molecule has 1 rings (SSSR count). The van der Waals surface area contributed by atoms with Gasteiger partial charge in [-0.3, -0.25) is 4.79 Å². The second kappa shape index (κ2) is 7.67. The smallest absolute Gasteiger partial charge is 0.222 e. The Morgan fingerprint density at radius 2 is 2.29 bits per heavy atom. The third-order valence-corrected chi connectivity index (χ3v) is 3.64. The number of nitrogens with zero attached hydrogens (tertiary/aromatic N) is 1. The summed E-state index contributed by atoms with van der Waals surface area (Å²) in [7, 11) is 0. The molecule has 1 fully saturated rings. The number of likely N-dealkylation sites (tertiary alicyclic amines) is 1. The van der Waals surface area contributed by atoms with Crippen molar-refractivity contribution >= 4 is 5.91 Å². The van der Waals surface area contributed by atoms with E-state index in [1.165, 1.54) is 0 Å². The van der Waals surface area contributed by atoms with Crippen molar-refractivity contribution in [3.05, 3.63) is 0 Å². The number of aliphatic hydroxyl groups excluding tert-OH is 1. The van der Waals surface area contributed by atoms with E-state index in [1.807, 2.05) is 4.90 Å². The molecule has 1 amide bonds. The van der Waals surface area contributed by atoms with E-state index in [4.69, 9.17) is 10.8 Å². The molecule has 0 radical (unpaired) electrons. The average Bonchev–Trinajstić information content (AvgIpc) is 2.36. The van der Waals surface area contributed by atoms with Gasteiger partial charge in [-0.15, -0.1) is 0 Å². The Balaban J connectivity index is 2.27. The molecule has 2 atom stereocenters. The van der Waals surface area contributed by atoms with Crippen LogP contribution >= 0.6 is 0 Å². The summed E-state index contributed by atoms with van der Waals surface area (Å²) in [5.41, 5.74) is 5.49. The Bertz CT molecular complexity index is 233. The molecule has 2 unspecified atom stereocenters. The zero-order valence-electron chi connectivity index (χ0n) is 10.9. The molecule has 0 aromatic carbocycles. The summed E-state index contributed by atoms with van der Waals surface area (Å²) in [6.45, 7) is 4.65. The molecule has 0 aromatic rings. The predicted octanol–water partition coefficient (Wildman–Crippen LogP) is 0.982. The number of amides is 1. The number of carbonyl (C=O) groups is 1. The fraction of sp³-hybridized carbons (Fsp3) is 0.923. The predicted molar refractivity (Wildman–Crippen MR) is 68.5 cm³/mol. The van der Waals surface area contributed by atoms with E-state index in [9.17, 15) is 4.79 Å². The number of nitrogens with two attached hydrogens (primary N) is 1. The molecule has 0 aromatic heterocycles. The Hall–Kier alpha value is -0.610. The molecular weight excluding hydrogens is 216 g/mol. The lowest BCUT2D eigenvalue weighted by atomic mass is 9.97. The minimum atomic E-state index is 0.202. The maximum absolute atomic E-state index is 12.0. The molecule has 0 aliphatic carbocycles. The molecule has 4 heteroatoms. The van der Waals surface area contributed by atoms with Gasteiger partial charge in [0.15, 0.2) is 0 Å². The lowest BCUT2D eigenvalue weighted by Crippen LogP contribution is -2.40. The molecule has 4 nitrogen and oxygen atoms in total. The van der Waals surface area contributed by atoms with Gasteiger partial charge in [-0.1, -0.05) is 6.92 Å². The van der Waals surface area contributed by atoms with Crippen LogP contribution in [0.15, 0.2) is 0 Å². The summed E-state index contributed by atoms with van der Waals surface area (Å²) < 4.78 is 0. The first-order chi connectivity index (χ1) is 8.17. The molecule has 1 heterocycles. The zero-order valence-corrected chi connectivity index (χ0v) is 10.9. The summed E-state index contributed by atoms with van der Waals surface area (Å²) in [4.78, 5) is 13.9. The van der Waals surface area contributed by atoms with E-state index < -0.39 is 0 Å². The number of hydrogen-bond donors (Lipinski definition) is 2. The number of hydrogen-bond acceptors (Lipinski definition) is 3. The summed E-state index contributed by atoms with van der Waals surface area (Å²) in [6.07, 6.45) is 4.61. The monoisotopic (exact) mass is 242 g/mol. The molecule has 1 aliphatic rings. The van der Waals surface area contributed by atoms with Gasteiger partial charge in [0.1, 0.15) is 0 Å². The Morgan fingerprint density at radius 1 is 1.53 bits per heavy atom. The first-order valence-corrected chi connectivity index (χ1v) is 6.76. The minimum absolute atomic E-state index is 0.202. The normalized spacial score (nSPS) is 22.5. The summed E-state index contributed by atoms with van der Waals surface area (Å²) in [5, 5.41) is 9.13. The van der Waals surface area contributed by atoms with Gasteiger partial charge in [-0.05, 0) is 44.1 Å². The molecule has 0 spiro atoms. The van der Waals surface area contributed by atoms with Crippen molar-refractivity contribution in [3.8, 4) is 0 Å². The van der Waals surface area contributed by atoms with Crippen molar-refractivity contribution in [1.29, 1.82) is 0 Å². The SMILES string of the molecule is CC(CCN)CCC(=O)N1CCCC(CO)C1. The van der Waals surface area contributed by atoms with Gasteiger partial charge in [-0.25, -0.2) is 0 Å². The molecule has 3 N–H and O–H groups in total. The third kappa shape index (κ3) is 5.04. The maximum atomic E-state index is 12.0. The third-order valence-electron chi connectivity index (χ3n) is 3.64. The van der Waals surface area contributed by atoms with Crippen LogP contribution in [0, 0.1) is 11.8 Å². The van der Waals surface area contributed by atoms with Gasteiger partial charge in [0, 0.05) is 26.1 Å². The van der Waals surface area contributed by atoms with E-state index in [2.05, 4.69) is 6.92 Å². The number of rotatable bonds is 6. The van der Waals surface area contributed by atoms with E-state index in [-0.39, 0.29) is 18.4 Å². The molecule has 17 heavy (non-hydrogen) atoms. The summed E-state index contributed by atoms with van der Waals surface area (Å²) in [6, 6.07) is 0. The number of aliphatic hydroxyl groups is 1. The zero-order chi connectivity index (χ0) is 12.7. The summed E-state index contributed by atoms with van der Waals surface area (Å²) in [5.74, 6) is 1.06. The van der Waals surface area contributed by atoms with Crippen LogP contribution < -0.4 is 5.73 Å². The highest BCUT2D eigenvalue weighted by Crippen LogP contribution is 2.18. The van der Waals surface area contributed by atoms with Crippen LogP contribution in [0.2, 0.25) is 0 Å². The van der Waals surface area contributed by atoms with Crippen molar-refractivity contribution < 1.29 is 9.90 Å². The molecule has 1 aliphatic heterocycles. The molecule has 0 saturated carbocycles. The lowest BCUT2D eigenvalue weighted by Gasteiger charge is -2.32. The maximum Gasteiger partial charge on any atom is 0.222 e. The fourth-order valence-electron chi connectivity index (χ4n) is 2.40. The van der Waals surface area contributed by atoms with Crippen molar-refractivity contribution in [2.45, 2.75) is 39.0 Å². The standard InChI is InChI=1S/C13H26N2O2/c1-11(6-7-14)4-5-13(17)15-8-2-3-12(9-15)10-16/h11-12,16H,2-10,14H2,1H3. The van der Waals surface area contributed by atoms with Crippen molar-refractivity contribution in [2.24, 2.45) is 17.6 Å². The fourth-order valence-corrected chi connectivity index (χ4v) is 2.40. The first kappa shape index (κ1) is 14.5. The molecular formula is C13H26N2O2. The van der Waals surface area contributed by atoms with Gasteiger partial charge in [0.05, 0.1) is 0 Å². The van der Waals surface area contributed by atoms with E-state index in [1.54, 1.807) is 0 Å². The molecule has 1 saturated heterocycles. The Kier molecular flexibility index (Phi) is 6.52. The lowest BCUT2D eigenvalue weighted by molar-refractivity contribution is -0.133. The first-order valence-electron chi connectivity index (χ1n) is 6.76. The van der Waals surface area contributed by atoms with Crippen LogP contribution in [0.4, 0.5) is 0 Å². The van der Waals surface area contributed by atoms with Crippen molar-refractivity contribution in [1.82, 2.24) is 4.90 Å². The second-order valence-electron chi connectivity index (χ2n) is 5.25. The largest absolute Gasteiger partial charge is 0.396 e. The van der Waals surface area contributed by atoms with Gasteiger partial charge in [0.25, 0.3) is 0 Å². The van der Waals surface area contributed by atoms with Gasteiger partial charge >= 0.3 is 0 Å². The Labute approximate surface area is 104 Å². The van der Waals surface area contributed by atoms with Crippen LogP contribution in [-0.2, 0) is 4.79 Å². The Morgan fingerprint density at radius 3 is 2.94 bits per heavy atom. The molecule has 0 bridgehead atoms. The molecule has 100 valence electrons. The highest BCUT2D eigenvalue weighted by Gasteiger charge is 2.22. The number of carbonyl (C=O) groups excluding carboxylic acids is 1. The van der Waals surface area contributed by atoms with Crippen LogP contribution in [0.1, 0.15) is 39.0 Å². The van der Waals surface area contributed by atoms with Gasteiger partial charge in [-0.2, -0.15) is 0 Å². The van der Waals surface area contributed by atoms with Crippen LogP contribution in [0.3, 0.4) is 0 Å². The topological polar surface area (TPSA) is 66.6 Å². The minimum Gasteiger partial charge on any atom is -0.396 e. The van der Waals surface area contributed by atoms with Crippen LogP contribution in [-0.4, -0.2) is 42.2 Å². The highest BCUT2D eigenvalue weighted by atomic mass is 16.3. The van der Waals surface area contributed by atoms with Crippen molar-refractivity contribution in [2.75, 3.05) is 26.2 Å². The van der Waals surface area contributed by atoms with E-state index >= 15 is 0 Å². The highest BCUT2D eigenvalue weighted by molar-refractivity contribution is 5.76. The van der Waals surface area contributed by atoms with Gasteiger partial charge < -0.3 is 15.7 Å².